The minimum Gasteiger partial charge on any atom is -0.483 e. The van der Waals surface area contributed by atoms with Crippen LogP contribution in [0, 0.1) is 12.3 Å². The van der Waals surface area contributed by atoms with Gasteiger partial charge in [0.05, 0.1) is 17.2 Å². The monoisotopic (exact) mass is 426 g/mol. The number of H-pyrrole nitrogens is 1. The van der Waals surface area contributed by atoms with Crippen LogP contribution >= 0.6 is 0 Å². The maximum atomic E-state index is 12.8. The van der Waals surface area contributed by atoms with Crippen LogP contribution in [0.5, 0.6) is 0 Å². The number of carboxylic acid groups (broad SMARTS) is 2. The predicted molar refractivity (Wildman–Crippen MR) is 110 cm³/mol. The SMILES string of the molecule is CCc1nc(CN2CCC3(CC2)CC(OC)CN(C)C3=O)c(C)[nH]1.O=CO.O=CO. The lowest BCUT2D eigenvalue weighted by atomic mass is 9.71. The van der Waals surface area contributed by atoms with E-state index in [1.54, 1.807) is 7.11 Å². The predicted octanol–water partition coefficient (Wildman–Crippen LogP) is 1.14. The Morgan fingerprint density at radius 2 is 1.83 bits per heavy atom. The Morgan fingerprint density at radius 1 is 1.27 bits per heavy atom. The number of rotatable bonds is 4. The Hall–Kier alpha value is -2.46. The van der Waals surface area contributed by atoms with Gasteiger partial charge in [0, 0.05) is 39.4 Å². The first kappa shape index (κ1) is 25.6. The molecule has 2 aliphatic rings. The van der Waals surface area contributed by atoms with E-state index in [0.717, 1.165) is 56.8 Å². The Bertz CT molecular complexity index is 679. The van der Waals surface area contributed by atoms with Gasteiger partial charge in [0.15, 0.2) is 0 Å². The molecule has 1 spiro atoms. The molecule has 10 heteroatoms. The molecule has 0 saturated carbocycles. The molecule has 0 aromatic carbocycles. The number of nitrogens with one attached hydrogen (secondary N) is 1. The van der Waals surface area contributed by atoms with E-state index < -0.39 is 0 Å². The molecule has 3 rings (SSSR count). The molecule has 0 radical (unpaired) electrons. The van der Waals surface area contributed by atoms with Crippen molar-refractivity contribution in [3.63, 3.8) is 0 Å². The van der Waals surface area contributed by atoms with Gasteiger partial charge in [-0.1, -0.05) is 6.92 Å². The molecule has 2 saturated heterocycles. The summed E-state index contributed by atoms with van der Waals surface area (Å²) in [6.07, 6.45) is 3.80. The zero-order valence-electron chi connectivity index (χ0n) is 18.3. The van der Waals surface area contributed by atoms with Crippen LogP contribution in [-0.4, -0.2) is 88.7 Å². The third kappa shape index (κ3) is 6.53. The zero-order valence-corrected chi connectivity index (χ0v) is 18.3. The first-order valence-electron chi connectivity index (χ1n) is 10.0. The third-order valence-electron chi connectivity index (χ3n) is 5.79. The van der Waals surface area contributed by atoms with Gasteiger partial charge in [-0.05, 0) is 39.3 Å². The standard InChI is InChI=1S/C18H30N4O2.2CH2O2/c1-5-16-19-13(2)15(20-16)12-22-8-6-18(7-9-22)10-14(24-4)11-21(3)17(18)23;2*2-1-3/h14H,5-12H2,1-4H3,(H,19,20);2*1H,(H,2,3). The number of piperidine rings is 2. The number of nitrogens with zero attached hydrogens (tertiary/aromatic N) is 3. The van der Waals surface area contributed by atoms with Crippen LogP contribution in [0.3, 0.4) is 0 Å². The number of aryl methyl sites for hydroxylation is 2. The number of methoxy groups -OCH3 is 1. The number of amides is 1. The van der Waals surface area contributed by atoms with E-state index in [9.17, 15) is 4.79 Å². The van der Waals surface area contributed by atoms with Crippen LogP contribution in [-0.2, 0) is 32.1 Å². The van der Waals surface area contributed by atoms with E-state index >= 15 is 0 Å². The molecular weight excluding hydrogens is 392 g/mol. The maximum Gasteiger partial charge on any atom is 0.290 e. The van der Waals surface area contributed by atoms with Crippen molar-refractivity contribution >= 4 is 18.9 Å². The van der Waals surface area contributed by atoms with Gasteiger partial charge >= 0.3 is 0 Å². The number of ether oxygens (including phenoxy) is 1. The van der Waals surface area contributed by atoms with Gasteiger partial charge < -0.3 is 24.8 Å². The van der Waals surface area contributed by atoms with Crippen LogP contribution in [0.15, 0.2) is 0 Å². The number of hydrogen-bond donors (Lipinski definition) is 3. The fourth-order valence-corrected chi connectivity index (χ4v) is 4.19. The number of aromatic nitrogens is 2. The largest absolute Gasteiger partial charge is 0.483 e. The third-order valence-corrected chi connectivity index (χ3v) is 5.79. The van der Waals surface area contributed by atoms with Gasteiger partial charge in [0.1, 0.15) is 5.82 Å². The molecule has 30 heavy (non-hydrogen) atoms. The number of carbonyl (C=O) groups is 3. The zero-order chi connectivity index (χ0) is 22.7. The van der Waals surface area contributed by atoms with Crippen molar-refractivity contribution in [1.82, 2.24) is 19.8 Å². The first-order valence-corrected chi connectivity index (χ1v) is 10.0. The second-order valence-corrected chi connectivity index (χ2v) is 7.62. The van der Waals surface area contributed by atoms with Gasteiger partial charge in [-0.2, -0.15) is 0 Å². The number of hydrogen-bond acceptors (Lipinski definition) is 6. The van der Waals surface area contributed by atoms with E-state index in [1.165, 1.54) is 5.69 Å². The second-order valence-electron chi connectivity index (χ2n) is 7.62. The van der Waals surface area contributed by atoms with Crippen LogP contribution < -0.4 is 0 Å². The molecule has 2 fully saturated rings. The second kappa shape index (κ2) is 12.3. The van der Waals surface area contributed by atoms with Crippen molar-refractivity contribution in [1.29, 1.82) is 0 Å². The molecule has 0 bridgehead atoms. The Kier molecular flexibility index (Phi) is 10.5. The summed E-state index contributed by atoms with van der Waals surface area (Å²) in [7, 11) is 3.66. The Morgan fingerprint density at radius 3 is 2.30 bits per heavy atom. The highest BCUT2D eigenvalue weighted by atomic mass is 16.5. The fraction of sp³-hybridized carbons (Fsp3) is 0.700. The van der Waals surface area contributed by atoms with Crippen molar-refractivity contribution < 1.29 is 29.3 Å². The van der Waals surface area contributed by atoms with Gasteiger partial charge in [-0.3, -0.25) is 19.3 Å². The van der Waals surface area contributed by atoms with Crippen LogP contribution in [0.4, 0.5) is 0 Å². The summed E-state index contributed by atoms with van der Waals surface area (Å²) < 4.78 is 5.57. The van der Waals surface area contributed by atoms with E-state index in [1.807, 2.05) is 11.9 Å². The maximum absolute atomic E-state index is 12.8. The molecule has 170 valence electrons. The number of likely N-dealkylation sites (N-methyl/N-ethyl adjacent to an activating group) is 1. The van der Waals surface area contributed by atoms with Gasteiger partial charge in [-0.15, -0.1) is 0 Å². The Labute approximate surface area is 177 Å². The molecule has 10 nitrogen and oxygen atoms in total. The lowest BCUT2D eigenvalue weighted by molar-refractivity contribution is -0.156. The molecule has 0 aliphatic carbocycles. The van der Waals surface area contributed by atoms with E-state index in [0.29, 0.717) is 12.5 Å². The summed E-state index contributed by atoms with van der Waals surface area (Å²) in [6.45, 7) is 7.19. The van der Waals surface area contributed by atoms with Crippen LogP contribution in [0.2, 0.25) is 0 Å². The molecule has 3 N–H and O–H groups in total. The topological polar surface area (TPSA) is 136 Å². The summed E-state index contributed by atoms with van der Waals surface area (Å²) in [4.78, 5) is 41.8. The number of carbonyl (C=O) groups excluding carboxylic acids is 1. The quantitative estimate of drug-likeness (QED) is 0.610. The van der Waals surface area contributed by atoms with E-state index in [2.05, 4.69) is 28.7 Å². The van der Waals surface area contributed by atoms with Gasteiger partial charge in [-0.25, -0.2) is 4.98 Å². The summed E-state index contributed by atoms with van der Waals surface area (Å²) in [5.74, 6) is 1.36. The van der Waals surface area contributed by atoms with Crippen molar-refractivity contribution in [2.45, 2.75) is 52.2 Å². The average molecular weight is 427 g/mol. The molecule has 1 aromatic heterocycles. The van der Waals surface area contributed by atoms with Gasteiger partial charge in [0.25, 0.3) is 12.9 Å². The summed E-state index contributed by atoms with van der Waals surface area (Å²) >= 11 is 0. The normalized spacial score (nSPS) is 20.6. The molecule has 1 aromatic rings. The molecular formula is C20H34N4O6. The summed E-state index contributed by atoms with van der Waals surface area (Å²) in [5.41, 5.74) is 2.09. The summed E-state index contributed by atoms with van der Waals surface area (Å²) in [5, 5.41) is 13.8. The molecule has 1 atom stereocenters. The molecule has 1 unspecified atom stereocenters. The van der Waals surface area contributed by atoms with E-state index in [4.69, 9.17) is 24.5 Å². The Balaban J connectivity index is 0.000000672. The fourth-order valence-electron chi connectivity index (χ4n) is 4.19. The average Bonchev–Trinajstić information content (AvgIpc) is 3.08. The highest BCUT2D eigenvalue weighted by Gasteiger charge is 2.47. The van der Waals surface area contributed by atoms with Gasteiger partial charge in [0.2, 0.25) is 5.91 Å². The highest BCUT2D eigenvalue weighted by Crippen LogP contribution is 2.41. The molecule has 3 heterocycles. The number of imidazole rings is 1. The first-order chi connectivity index (χ1) is 14.3. The van der Waals surface area contributed by atoms with Crippen molar-refractivity contribution in [3.05, 3.63) is 17.2 Å². The lowest BCUT2D eigenvalue weighted by Gasteiger charge is -2.47. The smallest absolute Gasteiger partial charge is 0.290 e. The summed E-state index contributed by atoms with van der Waals surface area (Å²) in [6, 6.07) is 0. The minimum atomic E-state index is -0.250. The van der Waals surface area contributed by atoms with Crippen LogP contribution in [0.25, 0.3) is 0 Å². The lowest BCUT2D eigenvalue weighted by Crippen LogP contribution is -2.56. The van der Waals surface area contributed by atoms with Crippen molar-refractivity contribution in [2.75, 3.05) is 33.8 Å². The van der Waals surface area contributed by atoms with Crippen molar-refractivity contribution in [3.8, 4) is 0 Å². The number of likely N-dealkylation sites (tertiary alicyclic amines) is 2. The minimum absolute atomic E-state index is 0.167. The van der Waals surface area contributed by atoms with Crippen molar-refractivity contribution in [2.24, 2.45) is 5.41 Å². The van der Waals surface area contributed by atoms with Crippen LogP contribution in [0.1, 0.15) is 43.4 Å². The number of aromatic amines is 1. The molecule has 2 aliphatic heterocycles. The highest BCUT2D eigenvalue weighted by molar-refractivity contribution is 5.83. The van der Waals surface area contributed by atoms with E-state index in [-0.39, 0.29) is 24.5 Å². The molecule has 1 amide bonds.